The Kier molecular flexibility index (Phi) is 4.24. The number of nitrogens with zero attached hydrogens (tertiary/aromatic N) is 1. The third-order valence-electron chi connectivity index (χ3n) is 3.03. The average molecular weight is 283 g/mol. The van der Waals surface area contributed by atoms with Crippen molar-refractivity contribution < 1.29 is 0 Å². The minimum atomic E-state index is 0.562. The fourth-order valence-electron chi connectivity index (χ4n) is 2.19. The fourth-order valence-corrected chi connectivity index (χ4v) is 2.73. The molecule has 0 spiro atoms. The third-order valence-corrected chi connectivity index (χ3v) is 3.71. The molecule has 0 bridgehead atoms. The van der Waals surface area contributed by atoms with Gasteiger partial charge in [0.2, 0.25) is 0 Å². The molecule has 1 aromatic rings. The van der Waals surface area contributed by atoms with Gasteiger partial charge in [0.25, 0.3) is 0 Å². The molecule has 0 aromatic heterocycles. The highest BCUT2D eigenvalue weighted by atomic mass is 79.9. The summed E-state index contributed by atoms with van der Waals surface area (Å²) >= 11 is 3.63. The molecule has 0 aliphatic carbocycles. The van der Waals surface area contributed by atoms with Crippen molar-refractivity contribution in [3.63, 3.8) is 0 Å². The van der Waals surface area contributed by atoms with Crippen molar-refractivity contribution in [3.8, 4) is 0 Å². The molecule has 1 atom stereocenters. The molecule has 1 fully saturated rings. The lowest BCUT2D eigenvalue weighted by molar-refractivity contribution is 0.485. The highest BCUT2D eigenvalue weighted by Gasteiger charge is 2.14. The number of nitrogens with one attached hydrogen (secondary N) is 1. The molecule has 1 saturated heterocycles. The van der Waals surface area contributed by atoms with Crippen molar-refractivity contribution >= 4 is 21.6 Å². The van der Waals surface area contributed by atoms with Crippen LogP contribution in [0.3, 0.4) is 0 Å². The number of halogens is 1. The number of benzene rings is 1. The van der Waals surface area contributed by atoms with Gasteiger partial charge in [-0.15, -0.1) is 0 Å². The molecule has 1 aromatic carbocycles. The second-order valence-electron chi connectivity index (χ2n) is 4.46. The van der Waals surface area contributed by atoms with E-state index in [1.165, 1.54) is 23.0 Å². The summed E-state index contributed by atoms with van der Waals surface area (Å²) in [5.74, 6) is 0. The number of hydrogen-bond acceptors (Lipinski definition) is 2. The maximum Gasteiger partial charge on any atom is 0.0511 e. The Morgan fingerprint density at radius 1 is 1.31 bits per heavy atom. The van der Waals surface area contributed by atoms with Gasteiger partial charge in [-0.1, -0.05) is 12.1 Å². The van der Waals surface area contributed by atoms with E-state index in [9.17, 15) is 0 Å². The summed E-state index contributed by atoms with van der Waals surface area (Å²) in [4.78, 5) is 2.47. The number of anilines is 1. The monoisotopic (exact) mass is 282 g/mol. The molecule has 0 amide bonds. The Bertz CT molecular complexity index is 340. The molecule has 0 saturated carbocycles. The molecule has 88 valence electrons. The zero-order valence-corrected chi connectivity index (χ0v) is 11.3. The molecule has 2 rings (SSSR count). The Balaban J connectivity index is 2.14. The van der Waals surface area contributed by atoms with Crippen molar-refractivity contribution in [3.05, 3.63) is 28.7 Å². The van der Waals surface area contributed by atoms with E-state index >= 15 is 0 Å². The Labute approximate surface area is 106 Å². The minimum Gasteiger partial charge on any atom is -0.369 e. The summed E-state index contributed by atoms with van der Waals surface area (Å²) in [6, 6.07) is 9.05. The third kappa shape index (κ3) is 2.98. The van der Waals surface area contributed by atoms with Gasteiger partial charge in [0.15, 0.2) is 0 Å². The summed E-state index contributed by atoms with van der Waals surface area (Å²) < 4.78 is 1.20. The van der Waals surface area contributed by atoms with E-state index in [1.807, 2.05) is 0 Å². The molecule has 16 heavy (non-hydrogen) atoms. The summed E-state index contributed by atoms with van der Waals surface area (Å²) in [6.07, 6.45) is 2.53. The van der Waals surface area contributed by atoms with Crippen LogP contribution in [0.15, 0.2) is 28.7 Å². The zero-order valence-electron chi connectivity index (χ0n) is 9.75. The molecule has 1 unspecified atom stereocenters. The van der Waals surface area contributed by atoms with Gasteiger partial charge in [0.1, 0.15) is 0 Å². The predicted molar refractivity (Wildman–Crippen MR) is 73.1 cm³/mol. The van der Waals surface area contributed by atoms with Gasteiger partial charge in [-0.2, -0.15) is 0 Å². The SMILES string of the molecule is CC1CN(c2ccccc2Br)CCCCN1. The molecule has 2 nitrogen and oxygen atoms in total. The van der Waals surface area contributed by atoms with E-state index in [1.54, 1.807) is 0 Å². The molecule has 1 aliphatic heterocycles. The van der Waals surface area contributed by atoms with E-state index in [4.69, 9.17) is 0 Å². The van der Waals surface area contributed by atoms with Crippen LogP contribution < -0.4 is 10.2 Å². The average Bonchev–Trinajstić information content (AvgIpc) is 2.24. The molecule has 3 heteroatoms. The zero-order chi connectivity index (χ0) is 11.4. The van der Waals surface area contributed by atoms with Crippen LogP contribution in [0.25, 0.3) is 0 Å². The van der Waals surface area contributed by atoms with Crippen LogP contribution in [0, 0.1) is 0 Å². The van der Waals surface area contributed by atoms with Gasteiger partial charge < -0.3 is 10.2 Å². The molecular formula is C13H19BrN2. The number of hydrogen-bond donors (Lipinski definition) is 1. The van der Waals surface area contributed by atoms with Crippen molar-refractivity contribution in [2.45, 2.75) is 25.8 Å². The minimum absolute atomic E-state index is 0.562. The lowest BCUT2D eigenvalue weighted by atomic mass is 10.1. The van der Waals surface area contributed by atoms with E-state index in [0.29, 0.717) is 6.04 Å². The van der Waals surface area contributed by atoms with E-state index in [-0.39, 0.29) is 0 Å². The predicted octanol–water partition coefficient (Wildman–Crippen LogP) is 3.03. The first-order chi connectivity index (χ1) is 7.77. The second-order valence-corrected chi connectivity index (χ2v) is 5.31. The van der Waals surface area contributed by atoms with Crippen molar-refractivity contribution in [2.75, 3.05) is 24.5 Å². The van der Waals surface area contributed by atoms with Crippen LogP contribution in [-0.4, -0.2) is 25.7 Å². The van der Waals surface area contributed by atoms with Crippen LogP contribution >= 0.6 is 15.9 Å². The normalized spacial score (nSPS) is 22.6. The van der Waals surface area contributed by atoms with E-state index in [2.05, 4.69) is 57.3 Å². The maximum absolute atomic E-state index is 3.63. The first-order valence-electron chi connectivity index (χ1n) is 6.00. The Morgan fingerprint density at radius 2 is 2.12 bits per heavy atom. The largest absolute Gasteiger partial charge is 0.369 e. The highest BCUT2D eigenvalue weighted by molar-refractivity contribution is 9.10. The van der Waals surface area contributed by atoms with Crippen molar-refractivity contribution in [1.82, 2.24) is 5.32 Å². The molecule has 0 radical (unpaired) electrons. The fraction of sp³-hybridized carbons (Fsp3) is 0.538. The van der Waals surface area contributed by atoms with Crippen molar-refractivity contribution in [2.24, 2.45) is 0 Å². The molecular weight excluding hydrogens is 264 g/mol. The van der Waals surface area contributed by atoms with Gasteiger partial charge in [-0.3, -0.25) is 0 Å². The van der Waals surface area contributed by atoms with Crippen LogP contribution in [-0.2, 0) is 0 Å². The van der Waals surface area contributed by atoms with E-state index in [0.717, 1.165) is 19.6 Å². The first kappa shape index (κ1) is 11.9. The first-order valence-corrected chi connectivity index (χ1v) is 6.79. The molecule has 1 N–H and O–H groups in total. The van der Waals surface area contributed by atoms with Crippen LogP contribution in [0.4, 0.5) is 5.69 Å². The van der Waals surface area contributed by atoms with Crippen LogP contribution in [0.5, 0.6) is 0 Å². The van der Waals surface area contributed by atoms with E-state index < -0.39 is 0 Å². The standard InChI is InChI=1S/C13H19BrN2/c1-11-10-16(9-5-4-8-15-11)13-7-3-2-6-12(13)14/h2-3,6-7,11,15H,4-5,8-10H2,1H3. The molecule has 1 heterocycles. The smallest absolute Gasteiger partial charge is 0.0511 e. The lowest BCUT2D eigenvalue weighted by Crippen LogP contribution is -2.42. The summed E-state index contributed by atoms with van der Waals surface area (Å²) in [5.41, 5.74) is 1.32. The molecule has 1 aliphatic rings. The summed E-state index contributed by atoms with van der Waals surface area (Å²) in [7, 11) is 0. The van der Waals surface area contributed by atoms with Gasteiger partial charge in [-0.25, -0.2) is 0 Å². The highest BCUT2D eigenvalue weighted by Crippen LogP contribution is 2.26. The van der Waals surface area contributed by atoms with Gasteiger partial charge >= 0.3 is 0 Å². The number of para-hydroxylation sites is 1. The second kappa shape index (κ2) is 5.69. The van der Waals surface area contributed by atoms with Crippen molar-refractivity contribution in [1.29, 1.82) is 0 Å². The summed E-state index contributed by atoms with van der Waals surface area (Å²) in [5, 5.41) is 3.55. The lowest BCUT2D eigenvalue weighted by Gasteiger charge is -2.31. The van der Waals surface area contributed by atoms with Gasteiger partial charge in [0.05, 0.1) is 5.69 Å². The Hall–Kier alpha value is -0.540. The van der Waals surface area contributed by atoms with Crippen LogP contribution in [0.1, 0.15) is 19.8 Å². The Morgan fingerprint density at radius 3 is 2.94 bits per heavy atom. The quantitative estimate of drug-likeness (QED) is 0.852. The van der Waals surface area contributed by atoms with Crippen LogP contribution in [0.2, 0.25) is 0 Å². The topological polar surface area (TPSA) is 15.3 Å². The van der Waals surface area contributed by atoms with Gasteiger partial charge in [0, 0.05) is 23.6 Å². The summed E-state index contributed by atoms with van der Waals surface area (Å²) in [6.45, 7) is 5.66. The van der Waals surface area contributed by atoms with Gasteiger partial charge in [-0.05, 0) is 54.4 Å². The number of rotatable bonds is 1. The maximum atomic E-state index is 3.63.